The molecule has 0 aliphatic rings. The number of aliphatic carboxylic acids is 1. The van der Waals surface area contributed by atoms with E-state index in [1.807, 2.05) is 54.6 Å². The number of nitrogens with one attached hydrogen (secondary N) is 1. The van der Waals surface area contributed by atoms with E-state index in [0.717, 1.165) is 15.8 Å². The molecular formula is C23H19ClN4O3S. The van der Waals surface area contributed by atoms with Crippen LogP contribution in [0.2, 0.25) is 5.02 Å². The first-order valence-electron chi connectivity index (χ1n) is 9.74. The van der Waals surface area contributed by atoms with Crippen LogP contribution < -0.4 is 5.32 Å². The summed E-state index contributed by atoms with van der Waals surface area (Å²) in [6.07, 6.45) is 1.87. The molecule has 0 spiro atoms. The van der Waals surface area contributed by atoms with E-state index in [-0.39, 0.29) is 0 Å². The van der Waals surface area contributed by atoms with E-state index < -0.39 is 18.1 Å². The fourth-order valence-electron chi connectivity index (χ4n) is 3.16. The highest BCUT2D eigenvalue weighted by atomic mass is 35.5. The number of aliphatic hydroxyl groups excluding tert-OH is 1. The van der Waals surface area contributed by atoms with Crippen LogP contribution in [0, 0.1) is 0 Å². The maximum atomic E-state index is 11.2. The first-order chi connectivity index (χ1) is 15.4. The standard InChI is InChI=1S/C23H19ClN4O3S/c1-13(29)20(23(30)31)25-11-14-10-18-21(26-12-14)22(28-32-18)27-17-9-5-8-16(19(17)24)15-6-3-2-4-7-15/h2-13,20,29H,1H3,(H,27,28)(H,30,31). The summed E-state index contributed by atoms with van der Waals surface area (Å²) in [7, 11) is 0. The van der Waals surface area contributed by atoms with Crippen molar-refractivity contribution in [1.29, 1.82) is 0 Å². The first-order valence-corrected chi connectivity index (χ1v) is 10.9. The third kappa shape index (κ3) is 4.62. The summed E-state index contributed by atoms with van der Waals surface area (Å²) >= 11 is 7.92. The molecule has 0 saturated heterocycles. The molecule has 7 nitrogen and oxygen atoms in total. The number of nitrogens with zero attached hydrogens (tertiary/aromatic N) is 3. The van der Waals surface area contributed by atoms with Gasteiger partial charge in [0, 0.05) is 23.5 Å². The summed E-state index contributed by atoms with van der Waals surface area (Å²) < 4.78 is 5.26. The van der Waals surface area contributed by atoms with Crippen molar-refractivity contribution in [2.75, 3.05) is 5.32 Å². The Morgan fingerprint density at radius 1 is 1.22 bits per heavy atom. The van der Waals surface area contributed by atoms with Gasteiger partial charge in [-0.15, -0.1) is 0 Å². The molecule has 2 atom stereocenters. The Morgan fingerprint density at radius 2 is 2.00 bits per heavy atom. The highest BCUT2D eigenvalue weighted by Crippen LogP contribution is 2.36. The number of aromatic nitrogens is 2. The molecule has 0 fully saturated rings. The SMILES string of the molecule is CC(O)C(N=Cc1cnc2c(Nc3cccc(-c4ccccc4)c3Cl)nsc2c1)C(=O)O. The summed E-state index contributed by atoms with van der Waals surface area (Å²) in [5, 5.41) is 22.5. The smallest absolute Gasteiger partial charge is 0.331 e. The third-order valence-electron chi connectivity index (χ3n) is 4.76. The van der Waals surface area contributed by atoms with Crippen LogP contribution in [0.25, 0.3) is 21.3 Å². The molecule has 0 aliphatic heterocycles. The maximum Gasteiger partial charge on any atom is 0.331 e. The van der Waals surface area contributed by atoms with Crippen LogP contribution in [-0.4, -0.2) is 43.9 Å². The van der Waals surface area contributed by atoms with Gasteiger partial charge < -0.3 is 15.5 Å². The minimum absolute atomic E-state index is 0.577. The maximum absolute atomic E-state index is 11.2. The largest absolute Gasteiger partial charge is 0.480 e. The third-order valence-corrected chi connectivity index (χ3v) is 5.95. The molecule has 2 aromatic carbocycles. The van der Waals surface area contributed by atoms with Crippen LogP contribution in [0.4, 0.5) is 11.5 Å². The summed E-state index contributed by atoms with van der Waals surface area (Å²) in [5.41, 5.74) is 3.92. The monoisotopic (exact) mass is 466 g/mol. The van der Waals surface area contributed by atoms with Crippen LogP contribution in [0.3, 0.4) is 0 Å². The number of halogens is 1. The highest BCUT2D eigenvalue weighted by Gasteiger charge is 2.21. The number of hydrogen-bond acceptors (Lipinski definition) is 7. The van der Waals surface area contributed by atoms with Gasteiger partial charge in [0.15, 0.2) is 11.9 Å². The number of carbonyl (C=O) groups is 1. The lowest BCUT2D eigenvalue weighted by molar-refractivity contribution is -0.140. The molecule has 9 heteroatoms. The molecule has 4 aromatic rings. The quantitative estimate of drug-likeness (QED) is 0.330. The Labute approximate surface area is 193 Å². The van der Waals surface area contributed by atoms with Crippen molar-refractivity contribution in [3.8, 4) is 11.1 Å². The molecule has 162 valence electrons. The van der Waals surface area contributed by atoms with Gasteiger partial charge in [0.1, 0.15) is 5.52 Å². The lowest BCUT2D eigenvalue weighted by Crippen LogP contribution is -2.29. The second-order valence-electron chi connectivity index (χ2n) is 7.11. The number of fused-ring (bicyclic) bond motifs is 1. The van der Waals surface area contributed by atoms with Gasteiger partial charge in [-0.3, -0.25) is 9.98 Å². The molecule has 2 unspecified atom stereocenters. The Kier molecular flexibility index (Phi) is 6.45. The summed E-state index contributed by atoms with van der Waals surface area (Å²) in [6, 6.07) is 16.2. The second-order valence-corrected chi connectivity index (χ2v) is 8.29. The van der Waals surface area contributed by atoms with Crippen LogP contribution in [0.15, 0.2) is 65.8 Å². The van der Waals surface area contributed by atoms with Crippen molar-refractivity contribution >= 4 is 57.0 Å². The molecule has 3 N–H and O–H groups in total. The van der Waals surface area contributed by atoms with Crippen LogP contribution in [-0.2, 0) is 4.79 Å². The van der Waals surface area contributed by atoms with Gasteiger partial charge in [-0.25, -0.2) is 4.79 Å². The average Bonchev–Trinajstić information content (AvgIpc) is 3.17. The van der Waals surface area contributed by atoms with Gasteiger partial charge in [-0.05, 0) is 36.2 Å². The number of aliphatic hydroxyl groups is 1. The Hall–Kier alpha value is -3.33. The molecule has 4 rings (SSSR count). The van der Waals surface area contributed by atoms with Crippen molar-refractivity contribution in [2.24, 2.45) is 4.99 Å². The van der Waals surface area contributed by atoms with Gasteiger partial charge >= 0.3 is 5.97 Å². The summed E-state index contributed by atoms with van der Waals surface area (Å²) in [5.74, 6) is -0.614. The molecule has 0 bridgehead atoms. The van der Waals surface area contributed by atoms with Crippen molar-refractivity contribution in [2.45, 2.75) is 19.1 Å². The normalized spacial score (nSPS) is 13.3. The van der Waals surface area contributed by atoms with Gasteiger partial charge in [0.05, 0.1) is 21.5 Å². The fourth-order valence-corrected chi connectivity index (χ4v) is 4.18. The van der Waals surface area contributed by atoms with Crippen LogP contribution in [0.5, 0.6) is 0 Å². The van der Waals surface area contributed by atoms with Crippen molar-refractivity contribution in [3.63, 3.8) is 0 Å². The molecule has 2 aromatic heterocycles. The number of pyridine rings is 1. The minimum atomic E-state index is -1.23. The van der Waals surface area contributed by atoms with E-state index in [4.69, 9.17) is 16.7 Å². The van der Waals surface area contributed by atoms with Gasteiger partial charge in [-0.1, -0.05) is 54.1 Å². The fraction of sp³-hybridized carbons (Fsp3) is 0.130. The second kappa shape index (κ2) is 9.44. The number of hydrogen-bond donors (Lipinski definition) is 3. The van der Waals surface area contributed by atoms with Crippen molar-refractivity contribution in [3.05, 3.63) is 71.4 Å². The predicted octanol–water partition coefficient (Wildman–Crippen LogP) is 5.01. The zero-order chi connectivity index (χ0) is 22.7. The van der Waals surface area contributed by atoms with E-state index in [9.17, 15) is 9.90 Å². The van der Waals surface area contributed by atoms with E-state index >= 15 is 0 Å². The zero-order valence-electron chi connectivity index (χ0n) is 16.9. The lowest BCUT2D eigenvalue weighted by atomic mass is 10.1. The lowest BCUT2D eigenvalue weighted by Gasteiger charge is -2.11. The highest BCUT2D eigenvalue weighted by molar-refractivity contribution is 7.13. The molecule has 0 saturated carbocycles. The average molecular weight is 467 g/mol. The molecule has 0 aliphatic carbocycles. The van der Waals surface area contributed by atoms with Crippen LogP contribution >= 0.6 is 23.1 Å². The number of rotatable bonds is 7. The van der Waals surface area contributed by atoms with Crippen molar-refractivity contribution in [1.82, 2.24) is 9.36 Å². The molecule has 2 heterocycles. The molecule has 0 amide bonds. The van der Waals surface area contributed by atoms with E-state index in [1.54, 1.807) is 6.20 Å². The number of carboxylic acid groups (broad SMARTS) is 1. The van der Waals surface area contributed by atoms with E-state index in [1.165, 1.54) is 24.7 Å². The first kappa shape index (κ1) is 21.9. The Morgan fingerprint density at radius 3 is 2.72 bits per heavy atom. The van der Waals surface area contributed by atoms with Crippen molar-refractivity contribution < 1.29 is 15.0 Å². The molecule has 32 heavy (non-hydrogen) atoms. The minimum Gasteiger partial charge on any atom is -0.480 e. The van der Waals surface area contributed by atoms with Gasteiger partial charge in [-0.2, -0.15) is 4.37 Å². The Balaban J connectivity index is 1.60. The summed E-state index contributed by atoms with van der Waals surface area (Å²) in [6.45, 7) is 1.39. The molecular weight excluding hydrogens is 448 g/mol. The number of benzene rings is 2. The number of carboxylic acids is 1. The van der Waals surface area contributed by atoms with Gasteiger partial charge in [0.25, 0.3) is 0 Å². The van der Waals surface area contributed by atoms with Crippen LogP contribution in [0.1, 0.15) is 12.5 Å². The van der Waals surface area contributed by atoms with E-state index in [0.29, 0.717) is 27.6 Å². The number of anilines is 2. The summed E-state index contributed by atoms with van der Waals surface area (Å²) in [4.78, 5) is 19.6. The molecule has 0 radical (unpaired) electrons. The number of aliphatic imine (C=N–C) groups is 1. The van der Waals surface area contributed by atoms with E-state index in [2.05, 4.69) is 19.7 Å². The topological polar surface area (TPSA) is 108 Å². The Bertz CT molecular complexity index is 1290. The van der Waals surface area contributed by atoms with Gasteiger partial charge in [0.2, 0.25) is 0 Å². The predicted molar refractivity (Wildman–Crippen MR) is 128 cm³/mol. The zero-order valence-corrected chi connectivity index (χ0v) is 18.5.